The molecule has 1 atom stereocenters. The van der Waals surface area contributed by atoms with Crippen molar-refractivity contribution in [2.45, 2.75) is 18.4 Å². The maximum atomic E-state index is 13.6. The van der Waals surface area contributed by atoms with Gasteiger partial charge in [-0.05, 0) is 47.6 Å². The van der Waals surface area contributed by atoms with Gasteiger partial charge in [0.2, 0.25) is 0 Å². The molecule has 4 aromatic rings. The van der Waals surface area contributed by atoms with Gasteiger partial charge < -0.3 is 19.9 Å². The zero-order valence-corrected chi connectivity index (χ0v) is 19.1. The summed E-state index contributed by atoms with van der Waals surface area (Å²) >= 11 is 0. The van der Waals surface area contributed by atoms with Crippen LogP contribution < -0.4 is 14.8 Å². The number of benzene rings is 4. The van der Waals surface area contributed by atoms with Crippen molar-refractivity contribution in [3.05, 3.63) is 108 Å². The summed E-state index contributed by atoms with van der Waals surface area (Å²) in [6.07, 6.45) is 0.878. The summed E-state index contributed by atoms with van der Waals surface area (Å²) in [5, 5.41) is 14.7. The number of ether oxygens (including phenoxy) is 2. The fourth-order valence-electron chi connectivity index (χ4n) is 4.68. The predicted molar refractivity (Wildman–Crippen MR) is 133 cm³/mol. The highest BCUT2D eigenvalue weighted by molar-refractivity contribution is 6.05. The van der Waals surface area contributed by atoms with Crippen molar-refractivity contribution in [1.82, 2.24) is 5.32 Å². The van der Waals surface area contributed by atoms with Crippen LogP contribution in [0.15, 0.2) is 91.0 Å². The van der Waals surface area contributed by atoms with E-state index in [1.807, 2.05) is 72.8 Å². The summed E-state index contributed by atoms with van der Waals surface area (Å²) in [6.45, 7) is 0.511. The number of fused-ring (bicyclic) bond motifs is 2. The normalized spacial score (nSPS) is 16.5. The third-order valence-corrected chi connectivity index (χ3v) is 6.40. The number of aliphatic carboxylic acids is 1. The molecule has 6 nitrogen and oxygen atoms in total. The van der Waals surface area contributed by atoms with Crippen LogP contribution in [0.5, 0.6) is 11.5 Å². The molecule has 0 heterocycles. The molecule has 0 aliphatic heterocycles. The standard InChI is InChI=1S/C29H25NO5/c31-27(30-29(28(32)33)17-16-21-9-5-7-13-25(21)29)24-15-14-20-8-4-6-12-23(20)26(24)35-19-18-34-22-10-2-1-3-11-22/h1-15H,16-19H2,(H,30,31)(H,32,33). The highest BCUT2D eigenvalue weighted by Gasteiger charge is 2.47. The minimum Gasteiger partial charge on any atom is -0.490 e. The highest BCUT2D eigenvalue weighted by Crippen LogP contribution is 2.38. The van der Waals surface area contributed by atoms with Crippen molar-refractivity contribution in [2.24, 2.45) is 0 Å². The summed E-state index contributed by atoms with van der Waals surface area (Å²) in [4.78, 5) is 26.0. The Morgan fingerprint density at radius 3 is 2.37 bits per heavy atom. The Morgan fingerprint density at radius 1 is 0.829 bits per heavy atom. The van der Waals surface area contributed by atoms with Gasteiger partial charge in [0.25, 0.3) is 5.91 Å². The second kappa shape index (κ2) is 9.50. The number of carbonyl (C=O) groups is 2. The molecule has 4 aromatic carbocycles. The highest BCUT2D eigenvalue weighted by atomic mass is 16.5. The van der Waals surface area contributed by atoms with E-state index in [1.165, 1.54) is 0 Å². The average Bonchev–Trinajstić information content (AvgIpc) is 3.27. The molecule has 0 saturated heterocycles. The second-order valence-corrected chi connectivity index (χ2v) is 8.50. The topological polar surface area (TPSA) is 84.9 Å². The van der Waals surface area contributed by atoms with E-state index in [-0.39, 0.29) is 12.2 Å². The fraction of sp³-hybridized carbons (Fsp3) is 0.172. The number of carboxylic acids is 1. The molecule has 0 spiro atoms. The monoisotopic (exact) mass is 467 g/mol. The molecule has 176 valence electrons. The molecule has 0 bridgehead atoms. The molecule has 1 aliphatic rings. The van der Waals surface area contributed by atoms with E-state index in [2.05, 4.69) is 5.32 Å². The SMILES string of the molecule is O=C(NC1(C(=O)O)CCc2ccccc21)c1ccc2ccccc2c1OCCOc1ccccc1. The largest absolute Gasteiger partial charge is 0.490 e. The van der Waals surface area contributed by atoms with Crippen LogP contribution in [-0.2, 0) is 16.8 Å². The van der Waals surface area contributed by atoms with Gasteiger partial charge in [0, 0.05) is 5.39 Å². The van der Waals surface area contributed by atoms with Gasteiger partial charge in [-0.1, -0.05) is 72.8 Å². The number of nitrogens with one attached hydrogen (secondary N) is 1. The van der Waals surface area contributed by atoms with Gasteiger partial charge in [-0.3, -0.25) is 4.79 Å². The Morgan fingerprint density at radius 2 is 1.54 bits per heavy atom. The van der Waals surface area contributed by atoms with Gasteiger partial charge in [-0.2, -0.15) is 0 Å². The smallest absolute Gasteiger partial charge is 0.334 e. The Kier molecular flexibility index (Phi) is 6.10. The first kappa shape index (κ1) is 22.5. The van der Waals surface area contributed by atoms with Crippen LogP contribution in [-0.4, -0.2) is 30.2 Å². The van der Waals surface area contributed by atoms with E-state index in [4.69, 9.17) is 9.47 Å². The van der Waals surface area contributed by atoms with Crippen LogP contribution in [0.3, 0.4) is 0 Å². The van der Waals surface area contributed by atoms with Crippen molar-refractivity contribution in [3.8, 4) is 11.5 Å². The summed E-state index contributed by atoms with van der Waals surface area (Å²) in [7, 11) is 0. The van der Waals surface area contributed by atoms with E-state index >= 15 is 0 Å². The van der Waals surface area contributed by atoms with Crippen LogP contribution in [0.25, 0.3) is 10.8 Å². The van der Waals surface area contributed by atoms with E-state index in [9.17, 15) is 14.7 Å². The number of hydrogen-bond acceptors (Lipinski definition) is 4. The summed E-state index contributed by atoms with van der Waals surface area (Å²) in [5.74, 6) is -0.427. The van der Waals surface area contributed by atoms with E-state index in [0.717, 1.165) is 22.1 Å². The number of para-hydroxylation sites is 1. The Labute approximate surface area is 203 Å². The molecule has 0 saturated carbocycles. The van der Waals surface area contributed by atoms with Crippen LogP contribution >= 0.6 is 0 Å². The Balaban J connectivity index is 1.43. The molecular weight excluding hydrogens is 442 g/mol. The summed E-state index contributed by atoms with van der Waals surface area (Å²) < 4.78 is 11.8. The predicted octanol–water partition coefficient (Wildman–Crippen LogP) is 4.95. The first-order valence-electron chi connectivity index (χ1n) is 11.6. The zero-order valence-electron chi connectivity index (χ0n) is 19.1. The maximum Gasteiger partial charge on any atom is 0.334 e. The summed E-state index contributed by atoms with van der Waals surface area (Å²) in [6, 6.07) is 27.9. The molecule has 6 heteroatoms. The number of carbonyl (C=O) groups excluding carboxylic acids is 1. The van der Waals surface area contributed by atoms with Gasteiger partial charge >= 0.3 is 5.97 Å². The summed E-state index contributed by atoms with van der Waals surface area (Å²) in [5.41, 5.74) is 0.365. The lowest BCUT2D eigenvalue weighted by Gasteiger charge is -2.27. The number of carboxylic acid groups (broad SMARTS) is 1. The maximum absolute atomic E-state index is 13.6. The van der Waals surface area contributed by atoms with E-state index in [1.54, 1.807) is 18.2 Å². The molecule has 0 fully saturated rings. The molecule has 5 rings (SSSR count). The number of amides is 1. The molecule has 1 aliphatic carbocycles. The second-order valence-electron chi connectivity index (χ2n) is 8.50. The Hall–Kier alpha value is -4.32. The lowest BCUT2D eigenvalue weighted by atomic mass is 9.91. The van der Waals surface area contributed by atoms with Gasteiger partial charge in [0.15, 0.2) is 5.54 Å². The van der Waals surface area contributed by atoms with E-state index < -0.39 is 17.4 Å². The minimum absolute atomic E-state index is 0.218. The minimum atomic E-state index is -1.48. The van der Waals surface area contributed by atoms with Crippen molar-refractivity contribution >= 4 is 22.6 Å². The zero-order chi connectivity index (χ0) is 24.3. The third kappa shape index (κ3) is 4.30. The van der Waals surface area contributed by atoms with E-state index in [0.29, 0.717) is 30.8 Å². The molecule has 1 amide bonds. The van der Waals surface area contributed by atoms with Crippen LogP contribution in [0.1, 0.15) is 27.9 Å². The molecular formula is C29H25NO5. The van der Waals surface area contributed by atoms with Gasteiger partial charge in [0.1, 0.15) is 24.7 Å². The van der Waals surface area contributed by atoms with Crippen LogP contribution in [0.4, 0.5) is 0 Å². The van der Waals surface area contributed by atoms with Gasteiger partial charge in [-0.15, -0.1) is 0 Å². The average molecular weight is 468 g/mol. The molecule has 0 radical (unpaired) electrons. The lowest BCUT2D eigenvalue weighted by molar-refractivity contribution is -0.144. The van der Waals surface area contributed by atoms with Crippen molar-refractivity contribution in [1.29, 1.82) is 0 Å². The van der Waals surface area contributed by atoms with Crippen molar-refractivity contribution < 1.29 is 24.2 Å². The van der Waals surface area contributed by atoms with Crippen molar-refractivity contribution in [3.63, 3.8) is 0 Å². The first-order chi connectivity index (χ1) is 17.1. The number of hydrogen-bond donors (Lipinski definition) is 2. The van der Waals surface area contributed by atoms with Gasteiger partial charge in [-0.25, -0.2) is 4.79 Å². The number of rotatable bonds is 8. The molecule has 1 unspecified atom stereocenters. The fourth-order valence-corrected chi connectivity index (χ4v) is 4.68. The first-order valence-corrected chi connectivity index (χ1v) is 11.6. The quantitative estimate of drug-likeness (QED) is 0.358. The molecule has 0 aromatic heterocycles. The van der Waals surface area contributed by atoms with Crippen LogP contribution in [0, 0.1) is 0 Å². The third-order valence-electron chi connectivity index (χ3n) is 6.40. The molecule has 35 heavy (non-hydrogen) atoms. The lowest BCUT2D eigenvalue weighted by Crippen LogP contribution is -2.50. The molecule has 2 N–H and O–H groups in total. The Bertz CT molecular complexity index is 1380. The van der Waals surface area contributed by atoms with Crippen molar-refractivity contribution in [2.75, 3.05) is 13.2 Å². The van der Waals surface area contributed by atoms with Gasteiger partial charge in [0.05, 0.1) is 5.56 Å². The van der Waals surface area contributed by atoms with Crippen LogP contribution in [0.2, 0.25) is 0 Å². The number of aryl methyl sites for hydroxylation is 1.